The summed E-state index contributed by atoms with van der Waals surface area (Å²) < 4.78 is 0. The van der Waals surface area contributed by atoms with E-state index >= 15 is 0 Å². The molecule has 172 valence electrons. The first-order valence-corrected chi connectivity index (χ1v) is 13.3. The van der Waals surface area contributed by atoms with Crippen LogP contribution in [0.15, 0.2) is 12.4 Å². The maximum Gasteiger partial charge on any atom is 0.153 e. The van der Waals surface area contributed by atoms with Crippen molar-refractivity contribution in [1.82, 2.24) is 15.7 Å². The summed E-state index contributed by atoms with van der Waals surface area (Å²) in [5.74, 6) is 6.69. The number of unbranched alkanes of at least 4 members (excludes halogenated alkanes) is 15. The minimum Gasteiger partial charge on any atom is -0.371 e. The predicted octanol–water partition coefficient (Wildman–Crippen LogP) is 6.07. The van der Waals surface area contributed by atoms with Crippen LogP contribution in [0.1, 0.15) is 117 Å². The molecule has 5 nitrogen and oxygen atoms in total. The third-order valence-electron chi connectivity index (χ3n) is 5.70. The van der Waals surface area contributed by atoms with Gasteiger partial charge in [-0.1, -0.05) is 103 Å². The summed E-state index contributed by atoms with van der Waals surface area (Å²) in [7, 11) is 0. The molecule has 0 aliphatic carbocycles. The summed E-state index contributed by atoms with van der Waals surface area (Å²) in [6.45, 7) is 4.35. The van der Waals surface area contributed by atoms with Crippen LogP contribution in [0.25, 0.3) is 0 Å². The first kappa shape index (κ1) is 26.6. The second-order valence-electron chi connectivity index (χ2n) is 8.51. The van der Waals surface area contributed by atoms with E-state index in [0.717, 1.165) is 5.75 Å². The fourth-order valence-electron chi connectivity index (χ4n) is 3.72. The van der Waals surface area contributed by atoms with Gasteiger partial charge >= 0.3 is 0 Å². The highest BCUT2D eigenvalue weighted by Crippen LogP contribution is 2.20. The fourth-order valence-corrected chi connectivity index (χ4v) is 4.77. The number of hydrogen-bond acceptors (Lipinski definition) is 6. The Morgan fingerprint density at radius 3 is 1.66 bits per heavy atom. The van der Waals surface area contributed by atoms with E-state index in [4.69, 9.17) is 5.84 Å². The Morgan fingerprint density at radius 2 is 1.24 bits per heavy atom. The number of thioether (sulfide) groups is 1. The molecule has 0 saturated heterocycles. The molecule has 1 heterocycles. The van der Waals surface area contributed by atoms with Gasteiger partial charge in [0.15, 0.2) is 6.23 Å². The Balaban J connectivity index is 1.77. The van der Waals surface area contributed by atoms with Crippen molar-refractivity contribution in [1.29, 1.82) is 0 Å². The Kier molecular flexibility index (Phi) is 16.8. The topological polar surface area (TPSA) is 64.8 Å². The van der Waals surface area contributed by atoms with Gasteiger partial charge in [-0.3, -0.25) is 5.01 Å². The lowest BCUT2D eigenvalue weighted by Crippen LogP contribution is -2.50. The predicted molar refractivity (Wildman–Crippen MR) is 128 cm³/mol. The quantitative estimate of drug-likeness (QED) is 0.161. The van der Waals surface area contributed by atoms with Gasteiger partial charge in [-0.25, -0.2) is 11.0 Å². The van der Waals surface area contributed by atoms with Crippen molar-refractivity contribution in [2.45, 2.75) is 128 Å². The Bertz CT molecular complexity index is 397. The standard InChI is InChI=1S/C23H48N4OS/c1-3-4-5-6-7-8-9-10-11-12-13-14-15-16-17-18-21-29-22(2)23(28)26-19-20-27(24)25-26/h19-20,22-23,25,28H,3-18,21,24H2,1-2H3. The van der Waals surface area contributed by atoms with Crippen molar-refractivity contribution >= 4 is 11.8 Å². The maximum absolute atomic E-state index is 10.3. The number of aliphatic hydroxyl groups excluding tert-OH is 1. The van der Waals surface area contributed by atoms with Gasteiger partial charge in [0.1, 0.15) is 0 Å². The highest BCUT2D eigenvalue weighted by atomic mass is 32.2. The summed E-state index contributed by atoms with van der Waals surface area (Å²) in [5, 5.41) is 13.4. The van der Waals surface area contributed by atoms with Gasteiger partial charge in [0.05, 0.1) is 6.20 Å². The van der Waals surface area contributed by atoms with Crippen LogP contribution in [0.2, 0.25) is 0 Å². The number of hydrogen-bond donors (Lipinski definition) is 3. The molecule has 0 spiro atoms. The van der Waals surface area contributed by atoms with E-state index in [2.05, 4.69) is 19.4 Å². The van der Waals surface area contributed by atoms with Gasteiger partial charge in [0.25, 0.3) is 0 Å². The van der Waals surface area contributed by atoms with Crippen molar-refractivity contribution in [3.05, 3.63) is 12.4 Å². The molecule has 1 aliphatic heterocycles. The molecule has 0 radical (unpaired) electrons. The number of rotatable bonds is 20. The lowest BCUT2D eigenvalue weighted by molar-refractivity contribution is -0.0250. The molecule has 0 fully saturated rings. The van der Waals surface area contributed by atoms with E-state index < -0.39 is 6.23 Å². The fraction of sp³-hybridized carbons (Fsp3) is 0.913. The normalized spacial score (nSPS) is 16.0. The van der Waals surface area contributed by atoms with E-state index in [1.54, 1.807) is 17.4 Å². The molecule has 4 N–H and O–H groups in total. The molecule has 1 aliphatic rings. The highest BCUT2D eigenvalue weighted by Gasteiger charge is 2.23. The second kappa shape index (κ2) is 18.3. The Labute approximate surface area is 184 Å². The van der Waals surface area contributed by atoms with Crippen LogP contribution >= 0.6 is 11.8 Å². The molecule has 0 aromatic heterocycles. The van der Waals surface area contributed by atoms with Crippen LogP contribution in [0.5, 0.6) is 0 Å². The minimum absolute atomic E-state index is 0.148. The van der Waals surface area contributed by atoms with Crippen molar-refractivity contribution in [2.24, 2.45) is 5.84 Å². The molecule has 0 aromatic carbocycles. The highest BCUT2D eigenvalue weighted by molar-refractivity contribution is 7.99. The van der Waals surface area contributed by atoms with Crippen LogP contribution in [-0.2, 0) is 0 Å². The zero-order chi connectivity index (χ0) is 21.2. The SMILES string of the molecule is CCCCCCCCCCCCCCCCCCSC(C)C(O)N1C=CN(N)N1. The molecular formula is C23H48N4OS. The molecule has 2 atom stereocenters. The third kappa shape index (κ3) is 14.2. The molecule has 29 heavy (non-hydrogen) atoms. The average Bonchev–Trinajstić information content (AvgIpc) is 3.15. The second-order valence-corrected chi connectivity index (χ2v) is 9.99. The molecular weight excluding hydrogens is 380 g/mol. The summed E-state index contributed by atoms with van der Waals surface area (Å²) in [6.07, 6.45) is 25.3. The molecule has 0 saturated carbocycles. The Morgan fingerprint density at radius 1 is 0.793 bits per heavy atom. The number of aliphatic hydroxyl groups is 1. The van der Waals surface area contributed by atoms with Crippen molar-refractivity contribution in [2.75, 3.05) is 5.75 Å². The lowest BCUT2D eigenvalue weighted by Gasteiger charge is -2.28. The molecule has 1 rings (SSSR count). The maximum atomic E-state index is 10.3. The van der Waals surface area contributed by atoms with Gasteiger partial charge in [0, 0.05) is 11.4 Å². The first-order chi connectivity index (χ1) is 14.1. The van der Waals surface area contributed by atoms with Gasteiger partial charge in [-0.05, 0) is 19.1 Å². The molecule has 2 unspecified atom stereocenters. The van der Waals surface area contributed by atoms with E-state index in [9.17, 15) is 5.11 Å². The van der Waals surface area contributed by atoms with Gasteiger partial charge < -0.3 is 5.11 Å². The monoisotopic (exact) mass is 428 g/mol. The van der Waals surface area contributed by atoms with E-state index in [1.165, 1.54) is 108 Å². The van der Waals surface area contributed by atoms with Crippen LogP contribution < -0.4 is 11.4 Å². The number of nitrogens with zero attached hydrogens (tertiary/aromatic N) is 2. The van der Waals surface area contributed by atoms with Crippen molar-refractivity contribution < 1.29 is 5.11 Å². The summed E-state index contributed by atoms with van der Waals surface area (Å²) >= 11 is 1.83. The summed E-state index contributed by atoms with van der Waals surface area (Å²) in [6, 6.07) is 0. The van der Waals surface area contributed by atoms with E-state index in [-0.39, 0.29) is 5.25 Å². The van der Waals surface area contributed by atoms with Crippen LogP contribution in [0, 0.1) is 0 Å². The van der Waals surface area contributed by atoms with Gasteiger partial charge in [-0.2, -0.15) is 11.8 Å². The minimum atomic E-state index is -0.564. The van der Waals surface area contributed by atoms with Crippen molar-refractivity contribution in [3.8, 4) is 0 Å². The molecule has 0 aromatic rings. The zero-order valence-electron chi connectivity index (χ0n) is 19.2. The molecule has 6 heteroatoms. The first-order valence-electron chi connectivity index (χ1n) is 12.2. The smallest absolute Gasteiger partial charge is 0.153 e. The van der Waals surface area contributed by atoms with Gasteiger partial charge in [0.2, 0.25) is 0 Å². The van der Waals surface area contributed by atoms with E-state index in [1.807, 2.05) is 11.8 Å². The van der Waals surface area contributed by atoms with Crippen LogP contribution in [-0.4, -0.2) is 32.5 Å². The van der Waals surface area contributed by atoms with Crippen molar-refractivity contribution in [3.63, 3.8) is 0 Å². The zero-order valence-corrected chi connectivity index (χ0v) is 20.0. The number of nitrogens with two attached hydrogens (primary N) is 1. The Hall–Kier alpha value is -0.430. The van der Waals surface area contributed by atoms with E-state index in [0.29, 0.717) is 0 Å². The number of nitrogens with one attached hydrogen (secondary N) is 1. The third-order valence-corrected chi connectivity index (χ3v) is 7.00. The molecule has 0 amide bonds. The number of hydrazine groups is 3. The van der Waals surface area contributed by atoms with Crippen LogP contribution in [0.4, 0.5) is 0 Å². The molecule has 0 bridgehead atoms. The van der Waals surface area contributed by atoms with Gasteiger partial charge in [-0.15, -0.1) is 5.53 Å². The summed E-state index contributed by atoms with van der Waals surface area (Å²) in [4.78, 5) is 0. The van der Waals surface area contributed by atoms with Crippen LogP contribution in [0.3, 0.4) is 0 Å². The average molecular weight is 429 g/mol. The summed E-state index contributed by atoms with van der Waals surface area (Å²) in [5.41, 5.74) is 2.86. The lowest BCUT2D eigenvalue weighted by atomic mass is 10.0. The largest absolute Gasteiger partial charge is 0.371 e.